The highest BCUT2D eigenvalue weighted by atomic mass is 15.3. The molecule has 1 unspecified atom stereocenters. The van der Waals surface area contributed by atoms with Crippen LogP contribution in [0.2, 0.25) is 0 Å². The molecule has 21 heavy (non-hydrogen) atoms. The molecule has 3 nitrogen and oxygen atoms in total. The van der Waals surface area contributed by atoms with Crippen LogP contribution in [0, 0.1) is 11.8 Å². The van der Waals surface area contributed by atoms with E-state index in [1.807, 2.05) is 0 Å². The smallest absolute Gasteiger partial charge is 0.0244 e. The second-order valence-electron chi connectivity index (χ2n) is 7.67. The van der Waals surface area contributed by atoms with Gasteiger partial charge in [0.1, 0.15) is 0 Å². The highest BCUT2D eigenvalue weighted by molar-refractivity contribution is 4.82. The van der Waals surface area contributed by atoms with Crippen LogP contribution in [0.5, 0.6) is 0 Å². The molecule has 1 atom stereocenters. The van der Waals surface area contributed by atoms with Gasteiger partial charge in [-0.15, -0.1) is 0 Å². The van der Waals surface area contributed by atoms with Crippen molar-refractivity contribution in [1.29, 1.82) is 0 Å². The third kappa shape index (κ3) is 5.88. The summed E-state index contributed by atoms with van der Waals surface area (Å²) in [4.78, 5) is 5.16. The number of nitrogens with one attached hydrogen (secondary N) is 1. The van der Waals surface area contributed by atoms with Gasteiger partial charge in [0.15, 0.2) is 0 Å². The highest BCUT2D eigenvalue weighted by Crippen LogP contribution is 2.22. The van der Waals surface area contributed by atoms with Crippen LogP contribution in [0.4, 0.5) is 0 Å². The van der Waals surface area contributed by atoms with Crippen molar-refractivity contribution in [3.63, 3.8) is 0 Å². The molecule has 1 N–H and O–H groups in total. The van der Waals surface area contributed by atoms with Crippen molar-refractivity contribution in [2.24, 2.45) is 11.8 Å². The zero-order chi connectivity index (χ0) is 15.1. The Morgan fingerprint density at radius 3 is 2.14 bits per heavy atom. The predicted octanol–water partition coefficient (Wildman–Crippen LogP) is 2.82. The van der Waals surface area contributed by atoms with Crippen molar-refractivity contribution >= 4 is 0 Å². The van der Waals surface area contributed by atoms with Crippen LogP contribution in [0.1, 0.15) is 52.4 Å². The molecule has 1 saturated heterocycles. The average molecular weight is 296 g/mol. The first-order valence-corrected chi connectivity index (χ1v) is 9.30. The Kier molecular flexibility index (Phi) is 7.48. The largest absolute Gasteiger partial charge is 0.315 e. The van der Waals surface area contributed by atoms with Crippen LogP contribution in [-0.2, 0) is 0 Å². The minimum absolute atomic E-state index is 0.712. The van der Waals surface area contributed by atoms with E-state index in [4.69, 9.17) is 0 Å². The van der Waals surface area contributed by atoms with Gasteiger partial charge in [0, 0.05) is 38.8 Å². The molecule has 2 fully saturated rings. The van der Waals surface area contributed by atoms with E-state index in [1.165, 1.54) is 77.8 Å². The van der Waals surface area contributed by atoms with E-state index in [2.05, 4.69) is 36.0 Å². The summed E-state index contributed by atoms with van der Waals surface area (Å²) in [6, 6.07) is 0.712. The van der Waals surface area contributed by atoms with Crippen molar-refractivity contribution in [1.82, 2.24) is 15.1 Å². The molecule has 1 saturated carbocycles. The molecule has 1 aliphatic heterocycles. The van der Waals surface area contributed by atoms with Gasteiger partial charge >= 0.3 is 0 Å². The first-order valence-electron chi connectivity index (χ1n) is 9.30. The fraction of sp³-hybridized carbons (Fsp3) is 1.00. The third-order valence-electron chi connectivity index (χ3n) is 5.54. The summed E-state index contributed by atoms with van der Waals surface area (Å²) in [5.41, 5.74) is 0. The maximum atomic E-state index is 3.82. The molecule has 0 bridgehead atoms. The van der Waals surface area contributed by atoms with Crippen molar-refractivity contribution < 1.29 is 0 Å². The summed E-state index contributed by atoms with van der Waals surface area (Å²) < 4.78 is 0. The lowest BCUT2D eigenvalue weighted by atomic mass is 9.98. The lowest BCUT2D eigenvalue weighted by Gasteiger charge is -2.40. The van der Waals surface area contributed by atoms with Gasteiger partial charge in [0.2, 0.25) is 0 Å². The van der Waals surface area contributed by atoms with Gasteiger partial charge in [0.25, 0.3) is 0 Å². The monoisotopic (exact) mass is 295 g/mol. The lowest BCUT2D eigenvalue weighted by Crippen LogP contribution is -2.54. The van der Waals surface area contributed by atoms with Crippen molar-refractivity contribution in [2.45, 2.75) is 58.4 Å². The predicted molar refractivity (Wildman–Crippen MR) is 91.8 cm³/mol. The summed E-state index contributed by atoms with van der Waals surface area (Å²) in [6.45, 7) is 12.1. The average Bonchev–Trinajstić information content (AvgIpc) is 2.73. The molecular weight excluding hydrogens is 258 g/mol. The van der Waals surface area contributed by atoms with E-state index < -0.39 is 0 Å². The third-order valence-corrected chi connectivity index (χ3v) is 5.54. The molecule has 0 radical (unpaired) electrons. The Bertz CT molecular complexity index is 264. The summed E-state index contributed by atoms with van der Waals surface area (Å²) in [7, 11) is 2.24. The standard InChI is InChI=1S/C18H37N3/c1-16(2)18(21-12-10-20(3)11-13-21)15-19-14-17-8-6-4-5-7-9-17/h16-19H,4-15H2,1-3H3. The zero-order valence-electron chi connectivity index (χ0n) is 14.6. The van der Waals surface area contributed by atoms with Crippen molar-refractivity contribution in [2.75, 3.05) is 46.3 Å². The maximum absolute atomic E-state index is 3.82. The summed E-state index contributed by atoms with van der Waals surface area (Å²) >= 11 is 0. The van der Waals surface area contributed by atoms with Crippen molar-refractivity contribution in [3.05, 3.63) is 0 Å². The van der Waals surface area contributed by atoms with Crippen LogP contribution in [0.15, 0.2) is 0 Å². The Balaban J connectivity index is 1.72. The SMILES string of the molecule is CC(C)C(CNCC1CCCCCC1)N1CCN(C)CC1. The molecule has 0 spiro atoms. The van der Waals surface area contributed by atoms with Gasteiger partial charge < -0.3 is 10.2 Å². The highest BCUT2D eigenvalue weighted by Gasteiger charge is 2.24. The fourth-order valence-corrected chi connectivity index (χ4v) is 3.94. The molecule has 0 aromatic carbocycles. The Hall–Kier alpha value is -0.120. The summed E-state index contributed by atoms with van der Waals surface area (Å²) in [5, 5.41) is 3.82. The molecule has 124 valence electrons. The molecule has 1 aliphatic carbocycles. The van der Waals surface area contributed by atoms with E-state index in [9.17, 15) is 0 Å². The normalized spacial score (nSPS) is 25.1. The summed E-state index contributed by atoms with van der Waals surface area (Å²) in [6.07, 6.45) is 8.75. The van der Waals surface area contributed by atoms with Gasteiger partial charge in [-0.1, -0.05) is 39.5 Å². The fourth-order valence-electron chi connectivity index (χ4n) is 3.94. The molecular formula is C18H37N3. The van der Waals surface area contributed by atoms with Gasteiger partial charge in [-0.3, -0.25) is 4.90 Å². The molecule has 0 aromatic heterocycles. The van der Waals surface area contributed by atoms with Crippen LogP contribution in [0.3, 0.4) is 0 Å². The quantitative estimate of drug-likeness (QED) is 0.760. The van der Waals surface area contributed by atoms with Crippen LogP contribution in [0.25, 0.3) is 0 Å². The Morgan fingerprint density at radius 2 is 1.57 bits per heavy atom. The van der Waals surface area contributed by atoms with Crippen molar-refractivity contribution in [3.8, 4) is 0 Å². The summed E-state index contributed by atoms with van der Waals surface area (Å²) in [5.74, 6) is 1.68. The Morgan fingerprint density at radius 1 is 0.952 bits per heavy atom. The number of hydrogen-bond acceptors (Lipinski definition) is 3. The number of nitrogens with zero attached hydrogens (tertiary/aromatic N) is 2. The van der Waals surface area contributed by atoms with Crippen LogP contribution < -0.4 is 5.32 Å². The lowest BCUT2D eigenvalue weighted by molar-refractivity contribution is 0.0870. The molecule has 0 amide bonds. The van der Waals surface area contributed by atoms with E-state index in [1.54, 1.807) is 0 Å². The minimum Gasteiger partial charge on any atom is -0.315 e. The van der Waals surface area contributed by atoms with E-state index in [0.29, 0.717) is 6.04 Å². The van der Waals surface area contributed by atoms with Crippen LogP contribution >= 0.6 is 0 Å². The molecule has 1 heterocycles. The number of rotatable bonds is 6. The molecule has 3 heteroatoms. The maximum Gasteiger partial charge on any atom is 0.0244 e. The molecule has 0 aromatic rings. The van der Waals surface area contributed by atoms with E-state index in [-0.39, 0.29) is 0 Å². The molecule has 2 aliphatic rings. The second kappa shape index (κ2) is 9.12. The number of hydrogen-bond donors (Lipinski definition) is 1. The Labute approximate surface area is 132 Å². The van der Waals surface area contributed by atoms with E-state index in [0.717, 1.165) is 11.8 Å². The van der Waals surface area contributed by atoms with Gasteiger partial charge in [-0.2, -0.15) is 0 Å². The minimum atomic E-state index is 0.712. The number of likely N-dealkylation sites (N-methyl/N-ethyl adjacent to an activating group) is 1. The van der Waals surface area contributed by atoms with Gasteiger partial charge in [-0.25, -0.2) is 0 Å². The van der Waals surface area contributed by atoms with E-state index >= 15 is 0 Å². The van der Waals surface area contributed by atoms with Gasteiger partial charge in [-0.05, 0) is 38.3 Å². The molecule has 2 rings (SSSR count). The number of piperazine rings is 1. The second-order valence-corrected chi connectivity index (χ2v) is 7.67. The first kappa shape index (κ1) is 17.2. The van der Waals surface area contributed by atoms with Gasteiger partial charge in [0.05, 0.1) is 0 Å². The first-order chi connectivity index (χ1) is 10.2. The zero-order valence-corrected chi connectivity index (χ0v) is 14.6. The topological polar surface area (TPSA) is 18.5 Å². The van der Waals surface area contributed by atoms with Crippen LogP contribution in [-0.4, -0.2) is 62.2 Å².